The molecule has 10 heavy (non-hydrogen) atoms. The molecule has 0 saturated heterocycles. The molecule has 0 aromatic carbocycles. The summed E-state index contributed by atoms with van der Waals surface area (Å²) in [5, 5.41) is 11.7. The number of aliphatic hydroxyl groups is 1. The highest BCUT2D eigenvalue weighted by molar-refractivity contribution is 4.72. The van der Waals surface area contributed by atoms with Crippen LogP contribution in [-0.4, -0.2) is 24.3 Å². The summed E-state index contributed by atoms with van der Waals surface area (Å²) in [6, 6.07) is 0.491. The van der Waals surface area contributed by atoms with E-state index < -0.39 is 0 Å². The Labute approximate surface area is 62.9 Å². The van der Waals surface area contributed by atoms with Gasteiger partial charge in [0.1, 0.15) is 0 Å². The lowest BCUT2D eigenvalue weighted by atomic mass is 10.2. The Morgan fingerprint density at radius 3 is 2.90 bits per heavy atom. The second kappa shape index (κ2) is 6.78. The van der Waals surface area contributed by atoms with Gasteiger partial charge in [0.05, 0.1) is 0 Å². The van der Waals surface area contributed by atoms with Crippen molar-refractivity contribution in [1.82, 2.24) is 5.32 Å². The third-order valence-corrected chi connectivity index (χ3v) is 1.41. The van der Waals surface area contributed by atoms with E-state index in [0.29, 0.717) is 12.6 Å². The normalized spacial score (nSPS) is 13.0. The number of rotatable bonds is 6. The summed E-state index contributed by atoms with van der Waals surface area (Å²) in [5.41, 5.74) is 0. The summed E-state index contributed by atoms with van der Waals surface area (Å²) in [6.07, 6.45) is 3.76. The highest BCUT2D eigenvalue weighted by atomic mass is 16.2. The fraction of sp³-hybridized carbons (Fsp3) is 0.750. The molecule has 2 heteroatoms. The van der Waals surface area contributed by atoms with Gasteiger partial charge in [-0.25, -0.2) is 0 Å². The lowest BCUT2D eigenvalue weighted by Gasteiger charge is -2.10. The Kier molecular flexibility index (Phi) is 6.55. The van der Waals surface area contributed by atoms with Gasteiger partial charge in [0, 0.05) is 19.2 Å². The van der Waals surface area contributed by atoms with E-state index in [0.717, 1.165) is 19.4 Å². The Hall–Kier alpha value is -0.340. The molecule has 1 unspecified atom stereocenters. The lowest BCUT2D eigenvalue weighted by Crippen LogP contribution is -2.25. The van der Waals surface area contributed by atoms with Gasteiger partial charge in [-0.05, 0) is 19.8 Å². The molecule has 0 heterocycles. The average molecular weight is 143 g/mol. The summed E-state index contributed by atoms with van der Waals surface area (Å²) in [7, 11) is 0. The van der Waals surface area contributed by atoms with Crippen LogP contribution in [0, 0.1) is 0 Å². The predicted molar refractivity (Wildman–Crippen MR) is 44.0 cm³/mol. The maximum atomic E-state index is 8.49. The topological polar surface area (TPSA) is 32.3 Å². The largest absolute Gasteiger partial charge is 0.396 e. The van der Waals surface area contributed by atoms with E-state index in [1.807, 2.05) is 6.08 Å². The molecule has 0 aliphatic rings. The number of hydrogen-bond donors (Lipinski definition) is 2. The molecule has 0 saturated carbocycles. The minimum absolute atomic E-state index is 0.292. The fourth-order valence-corrected chi connectivity index (χ4v) is 0.784. The third-order valence-electron chi connectivity index (χ3n) is 1.41. The number of hydrogen-bond acceptors (Lipinski definition) is 2. The highest BCUT2D eigenvalue weighted by Gasteiger charge is 1.96. The molecule has 0 spiro atoms. The van der Waals surface area contributed by atoms with Crippen molar-refractivity contribution in [2.75, 3.05) is 13.2 Å². The average Bonchev–Trinajstić information content (AvgIpc) is 1.97. The minimum atomic E-state index is 0.292. The molecule has 0 fully saturated rings. The van der Waals surface area contributed by atoms with Crippen LogP contribution < -0.4 is 5.32 Å². The summed E-state index contributed by atoms with van der Waals surface area (Å²) in [6.45, 7) is 6.86. The van der Waals surface area contributed by atoms with Crippen molar-refractivity contribution in [1.29, 1.82) is 0 Å². The van der Waals surface area contributed by atoms with E-state index in [4.69, 9.17) is 5.11 Å². The SMILES string of the molecule is C=CCNC(C)CCCO. The van der Waals surface area contributed by atoms with Crippen molar-refractivity contribution in [3.8, 4) is 0 Å². The molecule has 0 aliphatic carbocycles. The molecule has 0 amide bonds. The van der Waals surface area contributed by atoms with Crippen LogP contribution >= 0.6 is 0 Å². The fourth-order valence-electron chi connectivity index (χ4n) is 0.784. The van der Waals surface area contributed by atoms with Crippen molar-refractivity contribution in [3.63, 3.8) is 0 Å². The molecule has 60 valence electrons. The van der Waals surface area contributed by atoms with Gasteiger partial charge in [-0.15, -0.1) is 6.58 Å². The van der Waals surface area contributed by atoms with Crippen LogP contribution in [0.3, 0.4) is 0 Å². The van der Waals surface area contributed by atoms with Crippen molar-refractivity contribution in [2.24, 2.45) is 0 Å². The third kappa shape index (κ3) is 5.79. The van der Waals surface area contributed by atoms with Crippen LogP contribution in [0.2, 0.25) is 0 Å². The van der Waals surface area contributed by atoms with Crippen LogP contribution in [0.5, 0.6) is 0 Å². The van der Waals surface area contributed by atoms with Gasteiger partial charge in [-0.1, -0.05) is 6.08 Å². The molecule has 0 rings (SSSR count). The zero-order chi connectivity index (χ0) is 7.82. The second-order valence-corrected chi connectivity index (χ2v) is 2.46. The Morgan fingerprint density at radius 2 is 2.40 bits per heavy atom. The Balaban J connectivity index is 3.07. The van der Waals surface area contributed by atoms with E-state index in [1.165, 1.54) is 0 Å². The second-order valence-electron chi connectivity index (χ2n) is 2.46. The smallest absolute Gasteiger partial charge is 0.0431 e. The van der Waals surface area contributed by atoms with Crippen LogP contribution in [0.4, 0.5) is 0 Å². The van der Waals surface area contributed by atoms with E-state index >= 15 is 0 Å². The zero-order valence-corrected chi connectivity index (χ0v) is 6.64. The summed E-state index contributed by atoms with van der Waals surface area (Å²) in [5.74, 6) is 0. The molecule has 0 aromatic heterocycles. The highest BCUT2D eigenvalue weighted by Crippen LogP contribution is 1.93. The molecule has 2 nitrogen and oxygen atoms in total. The van der Waals surface area contributed by atoms with Gasteiger partial charge in [-0.3, -0.25) is 0 Å². The first kappa shape index (κ1) is 9.66. The van der Waals surface area contributed by atoms with Gasteiger partial charge in [0.2, 0.25) is 0 Å². The quantitative estimate of drug-likeness (QED) is 0.542. The standard InChI is InChI=1S/C8H17NO/c1-3-6-9-8(2)5-4-7-10/h3,8-10H,1,4-7H2,2H3. The van der Waals surface area contributed by atoms with Gasteiger partial charge < -0.3 is 10.4 Å². The predicted octanol–water partition coefficient (Wildman–Crippen LogP) is 0.923. The first-order chi connectivity index (χ1) is 4.81. The first-order valence-electron chi connectivity index (χ1n) is 3.76. The monoisotopic (exact) mass is 143 g/mol. The summed E-state index contributed by atoms with van der Waals surface area (Å²) in [4.78, 5) is 0. The van der Waals surface area contributed by atoms with E-state index in [2.05, 4.69) is 18.8 Å². The van der Waals surface area contributed by atoms with Crippen molar-refractivity contribution >= 4 is 0 Å². The van der Waals surface area contributed by atoms with Gasteiger partial charge >= 0.3 is 0 Å². The molecule has 0 radical (unpaired) electrons. The van der Waals surface area contributed by atoms with E-state index in [9.17, 15) is 0 Å². The molecule has 0 aliphatic heterocycles. The molecule has 0 aromatic rings. The van der Waals surface area contributed by atoms with Gasteiger partial charge in [-0.2, -0.15) is 0 Å². The summed E-state index contributed by atoms with van der Waals surface area (Å²) >= 11 is 0. The van der Waals surface area contributed by atoms with Crippen molar-refractivity contribution in [3.05, 3.63) is 12.7 Å². The molecule has 1 atom stereocenters. The van der Waals surface area contributed by atoms with Crippen molar-refractivity contribution < 1.29 is 5.11 Å². The van der Waals surface area contributed by atoms with Crippen molar-refractivity contribution in [2.45, 2.75) is 25.8 Å². The van der Waals surface area contributed by atoms with Crippen LogP contribution in [0.15, 0.2) is 12.7 Å². The Morgan fingerprint density at radius 1 is 1.70 bits per heavy atom. The van der Waals surface area contributed by atoms with Crippen LogP contribution in [-0.2, 0) is 0 Å². The Bertz CT molecular complexity index is 83.3. The molecule has 2 N–H and O–H groups in total. The maximum absolute atomic E-state index is 8.49. The molecular weight excluding hydrogens is 126 g/mol. The maximum Gasteiger partial charge on any atom is 0.0431 e. The first-order valence-corrected chi connectivity index (χ1v) is 3.76. The van der Waals surface area contributed by atoms with Crippen LogP contribution in [0.1, 0.15) is 19.8 Å². The number of nitrogens with one attached hydrogen (secondary N) is 1. The zero-order valence-electron chi connectivity index (χ0n) is 6.64. The summed E-state index contributed by atoms with van der Waals surface area (Å²) < 4.78 is 0. The molecule has 0 bridgehead atoms. The number of aliphatic hydroxyl groups excluding tert-OH is 1. The van der Waals surface area contributed by atoms with E-state index in [1.54, 1.807) is 0 Å². The van der Waals surface area contributed by atoms with Crippen LogP contribution in [0.25, 0.3) is 0 Å². The minimum Gasteiger partial charge on any atom is -0.396 e. The van der Waals surface area contributed by atoms with Gasteiger partial charge in [0.15, 0.2) is 0 Å². The van der Waals surface area contributed by atoms with Gasteiger partial charge in [0.25, 0.3) is 0 Å². The molecular formula is C8H17NO. The lowest BCUT2D eigenvalue weighted by molar-refractivity contribution is 0.277. The van der Waals surface area contributed by atoms with E-state index in [-0.39, 0.29) is 0 Å².